The summed E-state index contributed by atoms with van der Waals surface area (Å²) in [6.45, 7) is 0. The van der Waals surface area contributed by atoms with Crippen LogP contribution in [-0.2, 0) is 0 Å². The van der Waals surface area contributed by atoms with E-state index in [0.717, 1.165) is 59.9 Å². The summed E-state index contributed by atoms with van der Waals surface area (Å²) in [5, 5.41) is 0. The molecule has 5 heteroatoms. The van der Waals surface area contributed by atoms with E-state index in [1.54, 1.807) is 0 Å². The molecular formula is C33H23Br2N3. The molecule has 1 N–H and O–H groups in total. The Morgan fingerprint density at radius 2 is 0.921 bits per heavy atom. The van der Waals surface area contributed by atoms with Gasteiger partial charge in [0.05, 0.1) is 11.4 Å². The highest BCUT2D eigenvalue weighted by molar-refractivity contribution is 9.10. The molecule has 0 aliphatic carbocycles. The van der Waals surface area contributed by atoms with Crippen LogP contribution >= 0.6 is 31.9 Å². The zero-order valence-electron chi connectivity index (χ0n) is 20.4. The van der Waals surface area contributed by atoms with Crippen LogP contribution in [0.1, 0.15) is 0 Å². The number of aromatic amines is 1. The van der Waals surface area contributed by atoms with Crippen LogP contribution in [-0.4, -0.2) is 9.97 Å². The highest BCUT2D eigenvalue weighted by Gasteiger charge is 2.17. The molecule has 0 spiro atoms. The molecule has 6 rings (SSSR count). The number of nitrogens with zero attached hydrogens (tertiary/aromatic N) is 2. The average molecular weight is 621 g/mol. The fraction of sp³-hybridized carbons (Fsp3) is 0. The maximum atomic E-state index is 5.07. The molecule has 0 atom stereocenters. The number of rotatable bonds is 6. The van der Waals surface area contributed by atoms with Crippen molar-refractivity contribution in [3.05, 3.63) is 142 Å². The molecule has 184 valence electrons. The molecule has 0 aliphatic rings. The largest absolute Gasteiger partial charge is 0.337 e. The Labute approximate surface area is 239 Å². The predicted octanol–water partition coefficient (Wildman–Crippen LogP) is 10.4. The molecule has 0 fully saturated rings. The molecule has 0 unspecified atom stereocenters. The minimum atomic E-state index is 0.832. The number of hydrogen-bond donors (Lipinski definition) is 1. The van der Waals surface area contributed by atoms with Crippen molar-refractivity contribution in [3.63, 3.8) is 0 Å². The molecule has 1 aromatic heterocycles. The van der Waals surface area contributed by atoms with Crippen LogP contribution in [0.3, 0.4) is 0 Å². The summed E-state index contributed by atoms with van der Waals surface area (Å²) in [5.41, 5.74) is 8.39. The predicted molar refractivity (Wildman–Crippen MR) is 165 cm³/mol. The van der Waals surface area contributed by atoms with Crippen molar-refractivity contribution in [2.24, 2.45) is 0 Å². The third-order valence-electron chi connectivity index (χ3n) is 6.38. The van der Waals surface area contributed by atoms with Gasteiger partial charge in [-0.2, -0.15) is 0 Å². The van der Waals surface area contributed by atoms with Gasteiger partial charge in [-0.15, -0.1) is 0 Å². The molecule has 0 saturated heterocycles. The minimum Gasteiger partial charge on any atom is -0.337 e. The number of H-pyrrole nitrogens is 1. The number of anilines is 3. The fourth-order valence-corrected chi connectivity index (χ4v) is 5.05. The lowest BCUT2D eigenvalue weighted by Gasteiger charge is -2.25. The second-order valence-electron chi connectivity index (χ2n) is 8.88. The van der Waals surface area contributed by atoms with Crippen LogP contribution in [0.5, 0.6) is 0 Å². The number of halogens is 2. The molecule has 0 saturated carbocycles. The summed E-state index contributed by atoms with van der Waals surface area (Å²) in [4.78, 5) is 10.9. The molecule has 6 aromatic rings. The summed E-state index contributed by atoms with van der Waals surface area (Å²) in [6.07, 6.45) is 0. The van der Waals surface area contributed by atoms with Crippen molar-refractivity contribution in [1.82, 2.24) is 9.97 Å². The summed E-state index contributed by atoms with van der Waals surface area (Å²) in [6, 6.07) is 46.0. The second kappa shape index (κ2) is 10.8. The van der Waals surface area contributed by atoms with E-state index in [9.17, 15) is 0 Å². The van der Waals surface area contributed by atoms with Gasteiger partial charge in [-0.25, -0.2) is 4.98 Å². The fourth-order valence-electron chi connectivity index (χ4n) is 4.52. The molecule has 3 nitrogen and oxygen atoms in total. The standard InChI is InChI=1S/C33H23Br2N3/c34-26-17-11-23(12-18-26)31-32(24-13-19-27(35)20-14-24)37-33(36-31)25-15-21-30(22-16-25)38(28-7-3-1-4-8-28)29-9-5-2-6-10-29/h1-22H,(H,36,37). The van der Waals surface area contributed by atoms with Crippen LogP contribution in [0, 0.1) is 0 Å². The average Bonchev–Trinajstić information content (AvgIpc) is 3.41. The lowest BCUT2D eigenvalue weighted by Crippen LogP contribution is -2.09. The number of imidazole rings is 1. The van der Waals surface area contributed by atoms with Crippen molar-refractivity contribution in [2.45, 2.75) is 0 Å². The van der Waals surface area contributed by atoms with Crippen LogP contribution < -0.4 is 4.90 Å². The SMILES string of the molecule is Brc1ccc(-c2nc(-c3ccc(N(c4ccccc4)c4ccccc4)cc3)[nH]c2-c2ccc(Br)cc2)cc1. The summed E-state index contributed by atoms with van der Waals surface area (Å²) >= 11 is 7.09. The number of aromatic nitrogens is 2. The Kier molecular flexibility index (Phi) is 6.95. The smallest absolute Gasteiger partial charge is 0.138 e. The lowest BCUT2D eigenvalue weighted by molar-refractivity contribution is 1.27. The first-order valence-corrected chi connectivity index (χ1v) is 13.9. The lowest BCUT2D eigenvalue weighted by atomic mass is 10.1. The van der Waals surface area contributed by atoms with Gasteiger partial charge in [0.2, 0.25) is 0 Å². The van der Waals surface area contributed by atoms with Crippen LogP contribution in [0.2, 0.25) is 0 Å². The Morgan fingerprint density at radius 3 is 1.45 bits per heavy atom. The second-order valence-corrected chi connectivity index (χ2v) is 10.7. The first kappa shape index (κ1) is 24.4. The van der Waals surface area contributed by atoms with Crippen molar-refractivity contribution in [2.75, 3.05) is 4.90 Å². The molecular weight excluding hydrogens is 598 g/mol. The topological polar surface area (TPSA) is 31.9 Å². The van der Waals surface area contributed by atoms with Gasteiger partial charge >= 0.3 is 0 Å². The Morgan fingerprint density at radius 1 is 0.474 bits per heavy atom. The van der Waals surface area contributed by atoms with E-state index in [0.29, 0.717) is 0 Å². The van der Waals surface area contributed by atoms with Crippen molar-refractivity contribution < 1.29 is 0 Å². The van der Waals surface area contributed by atoms with Gasteiger partial charge < -0.3 is 9.88 Å². The number of nitrogens with one attached hydrogen (secondary N) is 1. The quantitative estimate of drug-likeness (QED) is 0.201. The molecule has 0 radical (unpaired) electrons. The van der Waals surface area contributed by atoms with E-state index >= 15 is 0 Å². The van der Waals surface area contributed by atoms with Crippen LogP contribution in [0.4, 0.5) is 17.1 Å². The van der Waals surface area contributed by atoms with Crippen molar-refractivity contribution >= 4 is 48.9 Å². The number of hydrogen-bond acceptors (Lipinski definition) is 2. The van der Waals surface area contributed by atoms with Crippen LogP contribution in [0.25, 0.3) is 33.9 Å². The zero-order valence-corrected chi connectivity index (χ0v) is 23.5. The molecule has 0 amide bonds. The maximum absolute atomic E-state index is 5.07. The third-order valence-corrected chi connectivity index (χ3v) is 7.44. The van der Waals surface area contributed by atoms with Gasteiger partial charge in [0.15, 0.2) is 0 Å². The minimum absolute atomic E-state index is 0.832. The van der Waals surface area contributed by atoms with E-state index < -0.39 is 0 Å². The monoisotopic (exact) mass is 619 g/mol. The molecule has 38 heavy (non-hydrogen) atoms. The van der Waals surface area contributed by atoms with Crippen LogP contribution in [0.15, 0.2) is 142 Å². The normalized spacial score (nSPS) is 10.9. The van der Waals surface area contributed by atoms with E-state index in [-0.39, 0.29) is 0 Å². The molecule has 0 aliphatic heterocycles. The highest BCUT2D eigenvalue weighted by Crippen LogP contribution is 2.37. The van der Waals surface area contributed by atoms with Crippen molar-refractivity contribution in [1.29, 1.82) is 0 Å². The summed E-state index contributed by atoms with van der Waals surface area (Å²) in [5.74, 6) is 0.832. The Hall–Kier alpha value is -3.93. The first-order chi connectivity index (χ1) is 18.7. The number of benzene rings is 5. The molecule has 0 bridgehead atoms. The summed E-state index contributed by atoms with van der Waals surface area (Å²) in [7, 11) is 0. The van der Waals surface area contributed by atoms with Gasteiger partial charge in [-0.05, 0) is 72.8 Å². The van der Waals surface area contributed by atoms with Gasteiger partial charge in [-0.3, -0.25) is 0 Å². The maximum Gasteiger partial charge on any atom is 0.138 e. The van der Waals surface area contributed by atoms with E-state index in [4.69, 9.17) is 4.98 Å². The van der Waals surface area contributed by atoms with E-state index in [2.05, 4.69) is 151 Å². The number of para-hydroxylation sites is 2. The van der Waals surface area contributed by atoms with Gasteiger partial charge in [0.25, 0.3) is 0 Å². The van der Waals surface area contributed by atoms with E-state index in [1.165, 1.54) is 0 Å². The highest BCUT2D eigenvalue weighted by atomic mass is 79.9. The molecule has 1 heterocycles. The van der Waals surface area contributed by atoms with Gasteiger partial charge in [0, 0.05) is 42.7 Å². The van der Waals surface area contributed by atoms with Crippen molar-refractivity contribution in [3.8, 4) is 33.9 Å². The Bertz CT molecular complexity index is 1540. The zero-order chi connectivity index (χ0) is 25.9. The molecule has 5 aromatic carbocycles. The third kappa shape index (κ3) is 5.08. The Balaban J connectivity index is 1.41. The van der Waals surface area contributed by atoms with E-state index in [1.807, 2.05) is 24.3 Å². The van der Waals surface area contributed by atoms with Gasteiger partial charge in [-0.1, -0.05) is 92.5 Å². The summed E-state index contributed by atoms with van der Waals surface area (Å²) < 4.78 is 2.09. The first-order valence-electron chi connectivity index (χ1n) is 12.3. The van der Waals surface area contributed by atoms with Gasteiger partial charge in [0.1, 0.15) is 5.82 Å².